The highest BCUT2D eigenvalue weighted by Crippen LogP contribution is 2.42. The maximum atomic E-state index is 13.5. The third-order valence-corrected chi connectivity index (χ3v) is 9.74. The molecule has 2 saturated heterocycles. The van der Waals surface area contributed by atoms with E-state index in [0.29, 0.717) is 23.3 Å². The number of rotatable bonds is 5. The van der Waals surface area contributed by atoms with Gasteiger partial charge in [0.1, 0.15) is 0 Å². The number of ether oxygens (including phenoxy) is 1. The van der Waals surface area contributed by atoms with E-state index in [1.165, 1.54) is 11.1 Å². The van der Waals surface area contributed by atoms with Crippen molar-refractivity contribution < 1.29 is 9.53 Å². The van der Waals surface area contributed by atoms with Gasteiger partial charge >= 0.3 is 0 Å². The van der Waals surface area contributed by atoms with Crippen molar-refractivity contribution in [2.45, 2.75) is 63.8 Å². The van der Waals surface area contributed by atoms with Crippen LogP contribution in [-0.2, 0) is 11.2 Å². The molecule has 0 radical (unpaired) electrons. The first-order valence-corrected chi connectivity index (χ1v) is 15.1. The van der Waals surface area contributed by atoms with E-state index in [0.717, 1.165) is 68.5 Å². The van der Waals surface area contributed by atoms with Crippen LogP contribution in [0.2, 0.25) is 0 Å². The summed E-state index contributed by atoms with van der Waals surface area (Å²) < 4.78 is 7.42. The lowest BCUT2D eigenvalue weighted by Crippen LogP contribution is -2.62. The first-order chi connectivity index (χ1) is 18.9. The van der Waals surface area contributed by atoms with E-state index in [9.17, 15) is 4.79 Å². The van der Waals surface area contributed by atoms with Gasteiger partial charge in [0.2, 0.25) is 0 Å². The summed E-state index contributed by atoms with van der Waals surface area (Å²) in [6.45, 7) is 12.2. The highest BCUT2D eigenvalue weighted by molar-refractivity contribution is 9.10. The Morgan fingerprint density at radius 3 is 2.67 bits per heavy atom. The van der Waals surface area contributed by atoms with Gasteiger partial charge in [0.15, 0.2) is 5.65 Å². The minimum atomic E-state index is 0.0872. The fourth-order valence-electron chi connectivity index (χ4n) is 7.05. The number of hydrogen-bond acceptors (Lipinski definition) is 6. The molecule has 7 nitrogen and oxygen atoms in total. The van der Waals surface area contributed by atoms with Gasteiger partial charge in [-0.15, -0.1) is 0 Å². The summed E-state index contributed by atoms with van der Waals surface area (Å²) in [5, 5.41) is 0.828. The summed E-state index contributed by atoms with van der Waals surface area (Å²) in [5.74, 6) is 0.0872. The molecule has 0 saturated carbocycles. The first-order valence-electron chi connectivity index (χ1n) is 14.3. The van der Waals surface area contributed by atoms with Gasteiger partial charge in [-0.1, -0.05) is 22.0 Å². The predicted molar refractivity (Wildman–Crippen MR) is 157 cm³/mol. The number of likely N-dealkylation sites (tertiary alicyclic amines) is 1. The van der Waals surface area contributed by atoms with Crippen LogP contribution < -0.4 is 0 Å². The molecule has 1 amide bonds. The molecule has 1 aliphatic carbocycles. The van der Waals surface area contributed by atoms with E-state index >= 15 is 0 Å². The van der Waals surface area contributed by atoms with E-state index in [-0.39, 0.29) is 17.6 Å². The molecule has 3 aromatic rings. The minimum Gasteiger partial charge on any atom is -0.376 e. The molecule has 0 bridgehead atoms. The fraction of sp³-hybridized carbons (Fsp3) is 0.516. The van der Waals surface area contributed by atoms with Gasteiger partial charge in [-0.2, -0.15) is 0 Å². The van der Waals surface area contributed by atoms with Crippen molar-refractivity contribution in [1.82, 2.24) is 24.7 Å². The lowest BCUT2D eigenvalue weighted by atomic mass is 9.86. The summed E-state index contributed by atoms with van der Waals surface area (Å²) >= 11 is 3.66. The zero-order chi connectivity index (χ0) is 27.1. The maximum absolute atomic E-state index is 13.5. The van der Waals surface area contributed by atoms with Gasteiger partial charge in [-0.3, -0.25) is 14.6 Å². The van der Waals surface area contributed by atoms with E-state index in [2.05, 4.69) is 74.7 Å². The molecular weight excluding hydrogens is 554 g/mol. The minimum absolute atomic E-state index is 0.0872. The highest BCUT2D eigenvalue weighted by atomic mass is 79.9. The van der Waals surface area contributed by atoms with Crippen LogP contribution in [0.3, 0.4) is 0 Å². The Labute approximate surface area is 239 Å². The topological polar surface area (TPSA) is 61.8 Å². The van der Waals surface area contributed by atoms with Crippen LogP contribution in [0, 0.1) is 0 Å². The number of fused-ring (bicyclic) bond motifs is 2. The largest absolute Gasteiger partial charge is 0.376 e. The third kappa shape index (κ3) is 5.01. The lowest BCUT2D eigenvalue weighted by Gasteiger charge is -2.53. The number of carbonyl (C=O) groups excluding carboxylic acids is 1. The predicted octanol–water partition coefficient (Wildman–Crippen LogP) is 5.10. The van der Waals surface area contributed by atoms with Crippen LogP contribution >= 0.6 is 15.9 Å². The van der Waals surface area contributed by atoms with Gasteiger partial charge in [0, 0.05) is 79.6 Å². The Bertz CT molecular complexity index is 1350. The first kappa shape index (κ1) is 26.8. The third-order valence-electron chi connectivity index (χ3n) is 9.25. The molecule has 206 valence electrons. The average molecular weight is 593 g/mol. The van der Waals surface area contributed by atoms with Crippen molar-refractivity contribution in [3.05, 3.63) is 70.0 Å². The fourth-order valence-corrected chi connectivity index (χ4v) is 7.46. The number of carbonyl (C=O) groups is 1. The van der Waals surface area contributed by atoms with Crippen LogP contribution in [-0.4, -0.2) is 87.6 Å². The van der Waals surface area contributed by atoms with Crippen molar-refractivity contribution in [3.63, 3.8) is 0 Å². The van der Waals surface area contributed by atoms with Crippen molar-refractivity contribution in [1.29, 1.82) is 0 Å². The molecule has 4 heterocycles. The van der Waals surface area contributed by atoms with Gasteiger partial charge in [0.25, 0.3) is 5.91 Å². The zero-order valence-corrected chi connectivity index (χ0v) is 24.7. The van der Waals surface area contributed by atoms with Crippen molar-refractivity contribution in [3.8, 4) is 0 Å². The zero-order valence-electron chi connectivity index (χ0n) is 23.1. The second kappa shape index (κ2) is 10.9. The summed E-state index contributed by atoms with van der Waals surface area (Å²) in [4.78, 5) is 29.5. The van der Waals surface area contributed by atoms with E-state index in [1.807, 2.05) is 23.1 Å². The van der Waals surface area contributed by atoms with Crippen LogP contribution in [0.15, 0.2) is 53.3 Å². The molecule has 8 heteroatoms. The molecule has 0 spiro atoms. The maximum Gasteiger partial charge on any atom is 0.254 e. The SMILES string of the molecule is CCO[C@H]1Cc2cc(Br)ccc2[C@H]1N1CCN(C2(C)CCN(C(=O)c3ccnc4ncccc34)CC2)C[C@@H]1C. The normalized spacial score (nSPS) is 25.6. The van der Waals surface area contributed by atoms with Gasteiger partial charge in [0.05, 0.1) is 17.7 Å². The molecule has 2 aliphatic heterocycles. The Kier molecular flexibility index (Phi) is 7.48. The molecule has 2 fully saturated rings. The Hall–Kier alpha value is -2.39. The lowest BCUT2D eigenvalue weighted by molar-refractivity contribution is -0.0630. The van der Waals surface area contributed by atoms with Crippen LogP contribution in [0.25, 0.3) is 11.0 Å². The summed E-state index contributed by atoms with van der Waals surface area (Å²) in [5.41, 5.74) is 4.25. The summed E-state index contributed by atoms with van der Waals surface area (Å²) in [6.07, 6.45) is 6.55. The molecule has 0 unspecified atom stereocenters. The number of nitrogens with zero attached hydrogens (tertiary/aromatic N) is 5. The van der Waals surface area contributed by atoms with Crippen LogP contribution in [0.4, 0.5) is 0 Å². The molecular formula is C31H38BrN5O2. The van der Waals surface area contributed by atoms with Gasteiger partial charge < -0.3 is 9.64 Å². The van der Waals surface area contributed by atoms with Crippen molar-refractivity contribution in [2.75, 3.05) is 39.3 Å². The number of benzene rings is 1. The number of hydrogen-bond donors (Lipinski definition) is 0. The number of pyridine rings is 2. The average Bonchev–Trinajstić information content (AvgIpc) is 3.29. The van der Waals surface area contributed by atoms with Crippen molar-refractivity contribution in [2.24, 2.45) is 0 Å². The van der Waals surface area contributed by atoms with Crippen LogP contribution in [0.5, 0.6) is 0 Å². The number of piperazine rings is 1. The van der Waals surface area contributed by atoms with E-state index in [1.54, 1.807) is 12.4 Å². The molecule has 1 aromatic carbocycles. The molecule has 3 aliphatic rings. The molecule has 3 atom stereocenters. The highest BCUT2D eigenvalue weighted by Gasteiger charge is 2.44. The standard InChI is InChI=1S/C31H38BrN5O2/c1-4-39-27-19-22-18-23(32)7-8-24(22)28(27)37-17-16-36(20-21(37)2)31(3)10-14-35(15-11-31)30(38)26-9-13-34-29-25(26)6-5-12-33-29/h5-9,12-13,18,21,27-28H,4,10-11,14-17,19-20H2,1-3H3/t21-,27-,28+/m0/s1. The molecule has 0 N–H and O–H groups in total. The number of aromatic nitrogens is 2. The quantitative estimate of drug-likeness (QED) is 0.411. The van der Waals surface area contributed by atoms with Crippen LogP contribution in [0.1, 0.15) is 61.1 Å². The van der Waals surface area contributed by atoms with E-state index in [4.69, 9.17) is 4.74 Å². The monoisotopic (exact) mass is 591 g/mol. The number of piperidine rings is 1. The number of amides is 1. The Morgan fingerprint density at radius 2 is 1.90 bits per heavy atom. The summed E-state index contributed by atoms with van der Waals surface area (Å²) in [7, 11) is 0. The second-order valence-electron chi connectivity index (χ2n) is 11.5. The van der Waals surface area contributed by atoms with Gasteiger partial charge in [-0.25, -0.2) is 9.97 Å². The molecule has 39 heavy (non-hydrogen) atoms. The van der Waals surface area contributed by atoms with E-state index < -0.39 is 0 Å². The smallest absolute Gasteiger partial charge is 0.254 e. The number of halogens is 1. The summed E-state index contributed by atoms with van der Waals surface area (Å²) in [6, 6.07) is 13.1. The molecule has 6 rings (SSSR count). The molecule has 2 aromatic heterocycles. The second-order valence-corrected chi connectivity index (χ2v) is 12.5. The van der Waals surface area contributed by atoms with Crippen molar-refractivity contribution >= 4 is 32.9 Å². The Balaban J connectivity index is 1.12. The Morgan fingerprint density at radius 1 is 1.10 bits per heavy atom. The van der Waals surface area contributed by atoms with Gasteiger partial charge in [-0.05, 0) is 75.1 Å².